The molecule has 10 nitrogen and oxygen atoms in total. The molecule has 2 unspecified atom stereocenters. The third kappa shape index (κ3) is 43.7. The summed E-state index contributed by atoms with van der Waals surface area (Å²) in [5, 5.41) is 18.3. The van der Waals surface area contributed by atoms with E-state index in [1.165, 1.54) is 6.42 Å². The number of carbonyl (C=O) groups is 2. The van der Waals surface area contributed by atoms with E-state index in [1.807, 2.05) is 43.4 Å². The van der Waals surface area contributed by atoms with Crippen LogP contribution in [0.5, 0.6) is 0 Å². The van der Waals surface area contributed by atoms with Gasteiger partial charge in [0.1, 0.15) is 12.7 Å². The molecule has 0 aliphatic rings. The first kappa shape index (κ1) is 57.6. The van der Waals surface area contributed by atoms with Crippen molar-refractivity contribution in [3.05, 3.63) is 158 Å². The van der Waals surface area contributed by atoms with E-state index in [2.05, 4.69) is 121 Å². The van der Waals surface area contributed by atoms with Crippen molar-refractivity contribution in [2.24, 2.45) is 0 Å². The standard InChI is InChI=1S/C51H75O10P/c1-3-5-7-9-11-13-15-17-19-21-23-25-26-28-30-32-34-36-38-40-42-50(54)58-46-49(47-60-62(56,57)59-45-48(53)44-52)61-51(55)43-41-39-37-35-33-31-29-27-24-22-20-18-16-14-12-10-8-6-4-2/h3,5,8-11,14-17,20-23,26-29,32-35,38-41,48-49,52-53H,4,6-7,12-13,18-19,24-25,30-31,36-37,42-47H2,1-2H3,(H,56,57)/t48?,49-/m1/s1. The van der Waals surface area contributed by atoms with Gasteiger partial charge in [0.25, 0.3) is 0 Å². The fourth-order valence-corrected chi connectivity index (χ4v) is 5.50. The fraction of sp³-hybridized carbons (Fsp3) is 0.451. The van der Waals surface area contributed by atoms with Gasteiger partial charge in [0.2, 0.25) is 0 Å². The maximum atomic E-state index is 12.6. The van der Waals surface area contributed by atoms with Gasteiger partial charge in [-0.2, -0.15) is 0 Å². The highest BCUT2D eigenvalue weighted by Crippen LogP contribution is 2.43. The second-order valence-corrected chi connectivity index (χ2v) is 15.2. The van der Waals surface area contributed by atoms with Gasteiger partial charge in [-0.05, 0) is 84.0 Å². The van der Waals surface area contributed by atoms with Crippen molar-refractivity contribution < 1.29 is 47.8 Å². The first-order valence-corrected chi connectivity index (χ1v) is 23.4. The zero-order valence-corrected chi connectivity index (χ0v) is 38.1. The Hall–Kier alpha value is -4.41. The second-order valence-electron chi connectivity index (χ2n) is 13.7. The van der Waals surface area contributed by atoms with E-state index in [-0.39, 0.29) is 12.8 Å². The molecule has 0 heterocycles. The quantitative estimate of drug-likeness (QED) is 0.0311. The van der Waals surface area contributed by atoms with Gasteiger partial charge in [0.05, 0.1) is 32.7 Å². The van der Waals surface area contributed by atoms with Crippen LogP contribution in [0.3, 0.4) is 0 Å². The average molecular weight is 879 g/mol. The van der Waals surface area contributed by atoms with Crippen LogP contribution in [0.1, 0.15) is 110 Å². The molecule has 0 aromatic carbocycles. The fourth-order valence-electron chi connectivity index (χ4n) is 4.71. The van der Waals surface area contributed by atoms with Crippen LogP contribution in [-0.4, -0.2) is 65.7 Å². The molecule has 0 aliphatic carbocycles. The molecule has 11 heteroatoms. The van der Waals surface area contributed by atoms with Crippen LogP contribution in [0.2, 0.25) is 0 Å². The maximum absolute atomic E-state index is 12.6. The Morgan fingerprint density at radius 2 is 0.839 bits per heavy atom. The van der Waals surface area contributed by atoms with E-state index < -0.39 is 58.4 Å². The highest BCUT2D eigenvalue weighted by atomic mass is 31.2. The molecular formula is C51H75O10P. The molecule has 0 saturated carbocycles. The lowest BCUT2D eigenvalue weighted by Crippen LogP contribution is -2.29. The summed E-state index contributed by atoms with van der Waals surface area (Å²) in [5.41, 5.74) is 0. The Morgan fingerprint density at radius 1 is 0.500 bits per heavy atom. The lowest BCUT2D eigenvalue weighted by atomic mass is 10.2. The number of carbonyl (C=O) groups excluding carboxylic acids is 2. The van der Waals surface area contributed by atoms with Gasteiger partial charge >= 0.3 is 19.8 Å². The summed E-state index contributed by atoms with van der Waals surface area (Å²) in [4.78, 5) is 34.9. The van der Waals surface area contributed by atoms with Gasteiger partial charge < -0.3 is 24.6 Å². The molecule has 0 saturated heterocycles. The molecule has 0 fully saturated rings. The maximum Gasteiger partial charge on any atom is 0.472 e. The van der Waals surface area contributed by atoms with Gasteiger partial charge in [-0.25, -0.2) is 4.57 Å². The summed E-state index contributed by atoms with van der Waals surface area (Å²) >= 11 is 0. The van der Waals surface area contributed by atoms with E-state index in [0.717, 1.165) is 64.2 Å². The predicted octanol–water partition coefficient (Wildman–Crippen LogP) is 12.1. The Balaban J connectivity index is 4.62. The molecule has 0 aliphatic heterocycles. The van der Waals surface area contributed by atoms with Crippen molar-refractivity contribution in [1.82, 2.24) is 0 Å². The highest BCUT2D eigenvalue weighted by Gasteiger charge is 2.27. The van der Waals surface area contributed by atoms with Gasteiger partial charge in [0.15, 0.2) is 6.10 Å². The third-order valence-corrected chi connectivity index (χ3v) is 9.00. The number of rotatable bonds is 38. The first-order valence-electron chi connectivity index (χ1n) is 21.9. The zero-order valence-electron chi connectivity index (χ0n) is 37.2. The molecule has 344 valence electrons. The van der Waals surface area contributed by atoms with E-state index in [1.54, 1.807) is 12.2 Å². The molecular weight excluding hydrogens is 804 g/mol. The van der Waals surface area contributed by atoms with Crippen molar-refractivity contribution in [2.75, 3.05) is 26.4 Å². The number of hydrogen-bond donors (Lipinski definition) is 3. The number of esters is 2. The Morgan fingerprint density at radius 3 is 1.21 bits per heavy atom. The number of ether oxygens (including phenoxy) is 2. The molecule has 0 amide bonds. The number of phosphoric ester groups is 1. The van der Waals surface area contributed by atoms with Crippen molar-refractivity contribution in [2.45, 2.75) is 122 Å². The second kappa shape index (κ2) is 44.6. The summed E-state index contributed by atoms with van der Waals surface area (Å²) in [6, 6.07) is 0. The SMILES string of the molecule is CC=CCC=CCC=CCC=CCC=CCC=CCC=CCC(=O)OC[C@H](COP(=O)(O)OCC(O)CO)OC(=O)CC=CCC=CCC=CCC=CCC=CCC=CCCC. The van der Waals surface area contributed by atoms with Gasteiger partial charge in [-0.3, -0.25) is 18.6 Å². The molecule has 3 N–H and O–H groups in total. The lowest BCUT2D eigenvalue weighted by Gasteiger charge is -2.20. The minimum Gasteiger partial charge on any atom is -0.461 e. The molecule has 0 spiro atoms. The summed E-state index contributed by atoms with van der Waals surface area (Å²) < 4.78 is 32.5. The summed E-state index contributed by atoms with van der Waals surface area (Å²) in [7, 11) is -4.68. The average Bonchev–Trinajstić information content (AvgIpc) is 3.26. The smallest absolute Gasteiger partial charge is 0.461 e. The first-order chi connectivity index (χ1) is 30.2. The number of aliphatic hydroxyl groups is 2. The van der Waals surface area contributed by atoms with Crippen molar-refractivity contribution in [3.63, 3.8) is 0 Å². The van der Waals surface area contributed by atoms with E-state index in [0.29, 0.717) is 12.8 Å². The van der Waals surface area contributed by atoms with Crippen molar-refractivity contribution >= 4 is 19.8 Å². The number of unbranched alkanes of at least 4 members (excludes halogenated alkanes) is 1. The van der Waals surface area contributed by atoms with Crippen molar-refractivity contribution in [1.29, 1.82) is 0 Å². The number of hydrogen-bond acceptors (Lipinski definition) is 9. The molecule has 0 bridgehead atoms. The number of phosphoric acid groups is 1. The largest absolute Gasteiger partial charge is 0.472 e. The highest BCUT2D eigenvalue weighted by molar-refractivity contribution is 7.47. The Bertz CT molecular complexity index is 1570. The summed E-state index contributed by atoms with van der Waals surface area (Å²) in [5.74, 6) is -1.24. The van der Waals surface area contributed by atoms with Crippen LogP contribution in [-0.2, 0) is 32.7 Å². The number of allylic oxidation sites excluding steroid dienone is 24. The molecule has 0 aromatic rings. The molecule has 3 atom stereocenters. The number of aliphatic hydroxyl groups excluding tert-OH is 2. The summed E-state index contributed by atoms with van der Waals surface area (Å²) in [6.45, 7) is 1.82. The lowest BCUT2D eigenvalue weighted by molar-refractivity contribution is -0.160. The molecule has 0 rings (SSSR count). The monoisotopic (exact) mass is 879 g/mol. The Kier molecular flexibility index (Phi) is 41.5. The predicted molar refractivity (Wildman–Crippen MR) is 255 cm³/mol. The van der Waals surface area contributed by atoms with Gasteiger partial charge in [0, 0.05) is 0 Å². The molecule has 0 radical (unpaired) electrons. The minimum atomic E-state index is -4.68. The Labute approximate surface area is 373 Å². The van der Waals surface area contributed by atoms with E-state index in [4.69, 9.17) is 19.1 Å². The van der Waals surface area contributed by atoms with Crippen LogP contribution in [0.25, 0.3) is 0 Å². The van der Waals surface area contributed by atoms with Crippen LogP contribution in [0, 0.1) is 0 Å². The van der Waals surface area contributed by atoms with E-state index >= 15 is 0 Å². The van der Waals surface area contributed by atoms with Gasteiger partial charge in [-0.15, -0.1) is 0 Å². The molecule has 62 heavy (non-hydrogen) atoms. The van der Waals surface area contributed by atoms with Crippen LogP contribution >= 0.6 is 7.82 Å². The molecule has 0 aromatic heterocycles. The third-order valence-electron chi connectivity index (χ3n) is 8.05. The van der Waals surface area contributed by atoms with Crippen molar-refractivity contribution in [3.8, 4) is 0 Å². The summed E-state index contributed by atoms with van der Waals surface area (Å²) in [6.07, 6.45) is 62.7. The van der Waals surface area contributed by atoms with E-state index in [9.17, 15) is 24.2 Å². The zero-order chi connectivity index (χ0) is 45.5. The van der Waals surface area contributed by atoms with Gasteiger partial charge in [-0.1, -0.05) is 171 Å². The van der Waals surface area contributed by atoms with Crippen LogP contribution in [0.4, 0.5) is 0 Å². The topological polar surface area (TPSA) is 149 Å². The minimum absolute atomic E-state index is 0.0245. The van der Waals surface area contributed by atoms with Crippen LogP contribution < -0.4 is 0 Å². The van der Waals surface area contributed by atoms with Crippen LogP contribution in [0.15, 0.2) is 158 Å². The normalized spacial score (nSPS) is 15.2.